The summed E-state index contributed by atoms with van der Waals surface area (Å²) in [6, 6.07) is 7.77. The lowest BCUT2D eigenvalue weighted by atomic mass is 9.92. The van der Waals surface area contributed by atoms with Gasteiger partial charge >= 0.3 is 0 Å². The second-order valence-corrected chi connectivity index (χ2v) is 5.73. The van der Waals surface area contributed by atoms with Gasteiger partial charge in [0.25, 0.3) is 5.91 Å². The van der Waals surface area contributed by atoms with E-state index in [-0.39, 0.29) is 17.1 Å². The molecule has 20 heavy (non-hydrogen) atoms. The molecule has 4 nitrogen and oxygen atoms in total. The molecule has 2 aromatic rings. The first-order valence-corrected chi connectivity index (χ1v) is 6.45. The number of carbonyl (C=O) groups excluding carboxylic acids is 1. The van der Waals surface area contributed by atoms with E-state index in [1.807, 2.05) is 20.8 Å². The van der Waals surface area contributed by atoms with Gasteiger partial charge in [0.15, 0.2) is 0 Å². The molecule has 1 aromatic heterocycles. The molecule has 0 saturated heterocycles. The first-order chi connectivity index (χ1) is 9.36. The standard InChI is InChI=1S/C15H18FN3O/c1-15(2,3)13-8-12(18-19-13)14(20)17-9-10-4-6-11(16)7-5-10/h4-8H,9H2,1-3H3,(H,17,20)(H,18,19). The zero-order valence-corrected chi connectivity index (χ0v) is 11.8. The molecule has 1 aromatic carbocycles. The summed E-state index contributed by atoms with van der Waals surface area (Å²) in [5, 5.41) is 9.64. The molecule has 0 aliphatic heterocycles. The van der Waals surface area contributed by atoms with Gasteiger partial charge < -0.3 is 5.32 Å². The van der Waals surface area contributed by atoms with E-state index >= 15 is 0 Å². The molecule has 0 spiro atoms. The van der Waals surface area contributed by atoms with Crippen LogP contribution in [0.2, 0.25) is 0 Å². The van der Waals surface area contributed by atoms with Gasteiger partial charge in [-0.3, -0.25) is 9.89 Å². The first kappa shape index (κ1) is 14.2. The average molecular weight is 275 g/mol. The lowest BCUT2D eigenvalue weighted by Gasteiger charge is -2.14. The van der Waals surface area contributed by atoms with Crippen molar-refractivity contribution >= 4 is 5.91 Å². The summed E-state index contributed by atoms with van der Waals surface area (Å²) in [4.78, 5) is 12.0. The molecule has 0 unspecified atom stereocenters. The van der Waals surface area contributed by atoms with Gasteiger partial charge in [-0.25, -0.2) is 4.39 Å². The van der Waals surface area contributed by atoms with Gasteiger partial charge in [-0.15, -0.1) is 0 Å². The van der Waals surface area contributed by atoms with Crippen molar-refractivity contribution in [3.8, 4) is 0 Å². The second-order valence-electron chi connectivity index (χ2n) is 5.73. The smallest absolute Gasteiger partial charge is 0.272 e. The van der Waals surface area contributed by atoms with E-state index in [4.69, 9.17) is 0 Å². The Morgan fingerprint density at radius 2 is 1.95 bits per heavy atom. The fraction of sp³-hybridized carbons (Fsp3) is 0.333. The van der Waals surface area contributed by atoms with Crippen LogP contribution in [0.15, 0.2) is 30.3 Å². The maximum Gasteiger partial charge on any atom is 0.272 e. The van der Waals surface area contributed by atoms with Gasteiger partial charge in [-0.05, 0) is 23.8 Å². The van der Waals surface area contributed by atoms with Crippen LogP contribution in [0.1, 0.15) is 42.5 Å². The molecule has 0 atom stereocenters. The molecule has 0 aliphatic rings. The fourth-order valence-corrected chi connectivity index (χ4v) is 1.70. The van der Waals surface area contributed by atoms with Crippen molar-refractivity contribution in [2.24, 2.45) is 0 Å². The van der Waals surface area contributed by atoms with E-state index in [0.717, 1.165) is 11.3 Å². The van der Waals surface area contributed by atoms with E-state index in [9.17, 15) is 9.18 Å². The number of nitrogens with one attached hydrogen (secondary N) is 2. The summed E-state index contributed by atoms with van der Waals surface area (Å²) >= 11 is 0. The Bertz CT molecular complexity index is 596. The minimum absolute atomic E-state index is 0.0809. The highest BCUT2D eigenvalue weighted by Crippen LogP contribution is 2.20. The van der Waals surface area contributed by atoms with Crippen LogP contribution < -0.4 is 5.32 Å². The largest absolute Gasteiger partial charge is 0.347 e. The third-order valence-electron chi connectivity index (χ3n) is 2.98. The predicted octanol–water partition coefficient (Wildman–Crippen LogP) is 2.78. The Labute approximate surface area is 117 Å². The number of hydrogen-bond donors (Lipinski definition) is 2. The van der Waals surface area contributed by atoms with Gasteiger partial charge in [0.05, 0.1) is 0 Å². The lowest BCUT2D eigenvalue weighted by Crippen LogP contribution is -2.23. The van der Waals surface area contributed by atoms with Crippen molar-refractivity contribution < 1.29 is 9.18 Å². The van der Waals surface area contributed by atoms with Gasteiger partial charge in [-0.2, -0.15) is 5.10 Å². The van der Waals surface area contributed by atoms with Gasteiger partial charge in [0.1, 0.15) is 11.5 Å². The molecule has 0 aliphatic carbocycles. The molecular weight excluding hydrogens is 257 g/mol. The Kier molecular flexibility index (Phi) is 3.88. The summed E-state index contributed by atoms with van der Waals surface area (Å²) in [5.74, 6) is -0.539. The SMILES string of the molecule is CC(C)(C)c1cc(C(=O)NCc2ccc(F)cc2)n[nH]1. The van der Waals surface area contributed by atoms with E-state index < -0.39 is 0 Å². The Hall–Kier alpha value is -2.17. The van der Waals surface area contributed by atoms with E-state index in [2.05, 4.69) is 15.5 Å². The summed E-state index contributed by atoms with van der Waals surface area (Å²) < 4.78 is 12.8. The Morgan fingerprint density at radius 1 is 1.30 bits per heavy atom. The number of carbonyl (C=O) groups is 1. The number of rotatable bonds is 3. The molecule has 5 heteroatoms. The van der Waals surface area contributed by atoms with Gasteiger partial charge in [0.2, 0.25) is 0 Å². The minimum atomic E-state index is -0.290. The van der Waals surface area contributed by atoms with Crippen LogP contribution in [-0.2, 0) is 12.0 Å². The number of nitrogens with zero attached hydrogens (tertiary/aromatic N) is 1. The number of halogens is 1. The predicted molar refractivity (Wildman–Crippen MR) is 74.9 cm³/mol. The lowest BCUT2D eigenvalue weighted by molar-refractivity contribution is 0.0946. The molecule has 0 fully saturated rings. The van der Waals surface area contributed by atoms with Crippen LogP contribution in [-0.4, -0.2) is 16.1 Å². The van der Waals surface area contributed by atoms with E-state index in [0.29, 0.717) is 12.2 Å². The highest BCUT2D eigenvalue weighted by molar-refractivity contribution is 5.92. The molecular formula is C15H18FN3O. The molecule has 1 heterocycles. The summed E-state index contributed by atoms with van der Waals surface area (Å²) in [7, 11) is 0. The van der Waals surface area contributed by atoms with Gasteiger partial charge in [-0.1, -0.05) is 32.9 Å². The van der Waals surface area contributed by atoms with Crippen molar-refractivity contribution in [3.05, 3.63) is 53.1 Å². The number of H-pyrrole nitrogens is 1. The van der Waals surface area contributed by atoms with Crippen molar-refractivity contribution in [1.29, 1.82) is 0 Å². The third-order valence-corrected chi connectivity index (χ3v) is 2.98. The molecule has 2 N–H and O–H groups in total. The van der Waals surface area contributed by atoms with Crippen LogP contribution >= 0.6 is 0 Å². The molecule has 0 radical (unpaired) electrons. The van der Waals surface area contributed by atoms with Crippen LogP contribution in [0.25, 0.3) is 0 Å². The molecule has 106 valence electrons. The van der Waals surface area contributed by atoms with Gasteiger partial charge in [0, 0.05) is 17.7 Å². The van der Waals surface area contributed by atoms with Crippen molar-refractivity contribution in [2.45, 2.75) is 32.7 Å². The number of benzene rings is 1. The fourth-order valence-electron chi connectivity index (χ4n) is 1.70. The van der Waals surface area contributed by atoms with Crippen molar-refractivity contribution in [1.82, 2.24) is 15.5 Å². The maximum absolute atomic E-state index is 12.8. The number of aromatic nitrogens is 2. The molecule has 2 rings (SSSR count). The number of amides is 1. The molecule has 0 bridgehead atoms. The van der Waals surface area contributed by atoms with E-state index in [1.165, 1.54) is 12.1 Å². The topological polar surface area (TPSA) is 57.8 Å². The summed E-state index contributed by atoms with van der Waals surface area (Å²) in [6.07, 6.45) is 0. The summed E-state index contributed by atoms with van der Waals surface area (Å²) in [6.45, 7) is 6.47. The average Bonchev–Trinajstić information content (AvgIpc) is 2.87. The third kappa shape index (κ3) is 3.44. The summed E-state index contributed by atoms with van der Waals surface area (Å²) in [5.41, 5.74) is 2.02. The van der Waals surface area contributed by atoms with E-state index in [1.54, 1.807) is 18.2 Å². The quantitative estimate of drug-likeness (QED) is 0.905. The van der Waals surface area contributed by atoms with Crippen LogP contribution in [0.5, 0.6) is 0 Å². The monoisotopic (exact) mass is 275 g/mol. The molecule has 0 saturated carbocycles. The second kappa shape index (κ2) is 5.45. The Morgan fingerprint density at radius 3 is 2.50 bits per heavy atom. The van der Waals surface area contributed by atoms with Crippen LogP contribution in [0.3, 0.4) is 0 Å². The number of aromatic amines is 1. The maximum atomic E-state index is 12.8. The number of hydrogen-bond acceptors (Lipinski definition) is 2. The first-order valence-electron chi connectivity index (χ1n) is 6.45. The molecule has 1 amide bonds. The zero-order valence-electron chi connectivity index (χ0n) is 11.8. The minimum Gasteiger partial charge on any atom is -0.347 e. The van der Waals surface area contributed by atoms with Crippen LogP contribution in [0.4, 0.5) is 4.39 Å². The highest BCUT2D eigenvalue weighted by Gasteiger charge is 2.19. The highest BCUT2D eigenvalue weighted by atomic mass is 19.1. The Balaban J connectivity index is 1.98. The normalized spacial score (nSPS) is 11.4. The zero-order chi connectivity index (χ0) is 14.8. The van der Waals surface area contributed by atoms with Crippen LogP contribution in [0, 0.1) is 5.82 Å². The van der Waals surface area contributed by atoms with Crippen molar-refractivity contribution in [2.75, 3.05) is 0 Å². The van der Waals surface area contributed by atoms with Crippen molar-refractivity contribution in [3.63, 3.8) is 0 Å².